The van der Waals surface area contributed by atoms with Crippen LogP contribution in [0.25, 0.3) is 16.8 Å². The van der Waals surface area contributed by atoms with Crippen LogP contribution in [0.1, 0.15) is 25.1 Å². The maximum absolute atomic E-state index is 4.74. The van der Waals surface area contributed by atoms with Gasteiger partial charge in [-0.1, -0.05) is 18.6 Å². The summed E-state index contributed by atoms with van der Waals surface area (Å²) in [6, 6.07) is 8.20. The lowest BCUT2D eigenvalue weighted by Gasteiger charge is -2.26. The van der Waals surface area contributed by atoms with E-state index in [-0.39, 0.29) is 24.8 Å². The highest BCUT2D eigenvalue weighted by molar-refractivity contribution is 5.85. The summed E-state index contributed by atoms with van der Waals surface area (Å²) in [6.45, 7) is 6.61. The van der Waals surface area contributed by atoms with Crippen molar-refractivity contribution in [3.05, 3.63) is 30.1 Å². The third-order valence-electron chi connectivity index (χ3n) is 4.49. The molecule has 0 atom stereocenters. The topological polar surface area (TPSA) is 38.4 Å². The van der Waals surface area contributed by atoms with Gasteiger partial charge in [0, 0.05) is 13.1 Å². The normalized spacial score (nSPS) is 15.5. The lowest BCUT2D eigenvalue weighted by molar-refractivity contribution is 0.221. The molecule has 1 saturated heterocycles. The Morgan fingerprint density at radius 3 is 2.52 bits per heavy atom. The van der Waals surface area contributed by atoms with Gasteiger partial charge in [0.1, 0.15) is 5.82 Å². The molecule has 3 aromatic rings. The van der Waals surface area contributed by atoms with E-state index in [1.807, 2.05) is 22.7 Å². The highest BCUT2D eigenvalue weighted by atomic mass is 35.5. The third-order valence-corrected chi connectivity index (χ3v) is 4.49. The Bertz CT molecular complexity index is 773. The summed E-state index contributed by atoms with van der Waals surface area (Å²) in [5.74, 6) is 2.01. The van der Waals surface area contributed by atoms with Gasteiger partial charge in [0.25, 0.3) is 0 Å². The summed E-state index contributed by atoms with van der Waals surface area (Å²) in [4.78, 5) is 7.30. The summed E-state index contributed by atoms with van der Waals surface area (Å²) >= 11 is 0. The summed E-state index contributed by atoms with van der Waals surface area (Å²) in [5.41, 5.74) is 2.11. The van der Waals surface area contributed by atoms with Gasteiger partial charge in [0.05, 0.1) is 11.0 Å². The first-order valence-electron chi connectivity index (χ1n) is 7.86. The number of hydrogen-bond acceptors (Lipinski definition) is 3. The molecule has 1 aromatic carbocycles. The summed E-state index contributed by atoms with van der Waals surface area (Å²) in [5, 5.41) is 4.66. The zero-order valence-electron chi connectivity index (χ0n) is 13.3. The molecule has 1 aliphatic heterocycles. The fraction of sp³-hybridized carbons (Fsp3) is 0.500. The van der Waals surface area contributed by atoms with E-state index >= 15 is 0 Å². The number of likely N-dealkylation sites (tertiary alicyclic amines) is 1. The van der Waals surface area contributed by atoms with Gasteiger partial charge in [-0.2, -0.15) is 9.61 Å². The molecular weight excluding hydrogens is 333 g/mol. The van der Waals surface area contributed by atoms with E-state index in [0.29, 0.717) is 0 Å². The predicted octanol–water partition coefficient (Wildman–Crippen LogP) is 3.32. The first-order valence-corrected chi connectivity index (χ1v) is 7.86. The van der Waals surface area contributed by atoms with Crippen LogP contribution in [-0.4, -0.2) is 43.7 Å². The van der Waals surface area contributed by atoms with E-state index in [1.165, 1.54) is 32.4 Å². The number of piperidine rings is 1. The highest BCUT2D eigenvalue weighted by Crippen LogP contribution is 2.17. The molecule has 7 heteroatoms. The van der Waals surface area contributed by atoms with Crippen LogP contribution in [0.4, 0.5) is 0 Å². The lowest BCUT2D eigenvalue weighted by Crippen LogP contribution is -2.32. The SMILES string of the molecule is Cc1nn2c3ccccc3nc2n1CCN1CCCCC1.Cl.Cl. The van der Waals surface area contributed by atoms with Crippen LogP contribution >= 0.6 is 24.8 Å². The van der Waals surface area contributed by atoms with E-state index in [9.17, 15) is 0 Å². The second-order valence-corrected chi connectivity index (χ2v) is 5.91. The number of hydrogen-bond donors (Lipinski definition) is 0. The van der Waals surface area contributed by atoms with Gasteiger partial charge >= 0.3 is 0 Å². The molecule has 5 nitrogen and oxygen atoms in total. The molecular formula is C16H23Cl2N5. The van der Waals surface area contributed by atoms with Gasteiger partial charge in [-0.05, 0) is 45.0 Å². The van der Waals surface area contributed by atoms with Crippen molar-refractivity contribution in [3.63, 3.8) is 0 Å². The summed E-state index contributed by atoms with van der Waals surface area (Å²) in [7, 11) is 0. The number of nitrogens with zero attached hydrogens (tertiary/aromatic N) is 5. The standard InChI is InChI=1S/C16H21N5.2ClH/c1-13-18-21-15-8-4-3-7-14(15)17-16(21)20(13)12-11-19-9-5-2-6-10-19;;/h3-4,7-8H,2,5-6,9-12H2,1H3;2*1H. The Balaban J connectivity index is 0.000000960. The van der Waals surface area contributed by atoms with Crippen LogP contribution in [0.2, 0.25) is 0 Å². The Hall–Kier alpha value is -1.30. The van der Waals surface area contributed by atoms with Crippen LogP contribution in [0, 0.1) is 6.92 Å². The third kappa shape index (κ3) is 3.32. The Labute approximate surface area is 148 Å². The van der Waals surface area contributed by atoms with Crippen molar-refractivity contribution < 1.29 is 0 Å². The number of rotatable bonds is 3. The van der Waals surface area contributed by atoms with Crippen LogP contribution in [0.3, 0.4) is 0 Å². The smallest absolute Gasteiger partial charge is 0.233 e. The van der Waals surface area contributed by atoms with Gasteiger partial charge in [-0.25, -0.2) is 4.98 Å². The molecule has 1 aliphatic rings. The first kappa shape index (κ1) is 18.0. The largest absolute Gasteiger partial charge is 0.302 e. The zero-order chi connectivity index (χ0) is 14.2. The quantitative estimate of drug-likeness (QED) is 0.723. The molecule has 0 spiro atoms. The fourth-order valence-electron chi connectivity index (χ4n) is 3.30. The zero-order valence-corrected chi connectivity index (χ0v) is 14.9. The van der Waals surface area contributed by atoms with Gasteiger partial charge in [0.15, 0.2) is 0 Å². The van der Waals surface area contributed by atoms with Crippen molar-refractivity contribution in [3.8, 4) is 0 Å². The van der Waals surface area contributed by atoms with Crippen LogP contribution in [0.15, 0.2) is 24.3 Å². The van der Waals surface area contributed by atoms with Crippen molar-refractivity contribution in [2.75, 3.05) is 19.6 Å². The molecule has 4 rings (SSSR count). The monoisotopic (exact) mass is 355 g/mol. The molecule has 23 heavy (non-hydrogen) atoms. The van der Waals surface area contributed by atoms with Crippen molar-refractivity contribution >= 4 is 41.6 Å². The predicted molar refractivity (Wildman–Crippen MR) is 98.0 cm³/mol. The van der Waals surface area contributed by atoms with Crippen molar-refractivity contribution in [2.45, 2.75) is 32.7 Å². The second kappa shape index (κ2) is 7.51. The number of imidazole rings is 1. The van der Waals surface area contributed by atoms with Crippen LogP contribution in [0.5, 0.6) is 0 Å². The second-order valence-electron chi connectivity index (χ2n) is 5.91. The van der Waals surface area contributed by atoms with Gasteiger partial charge in [-0.3, -0.25) is 4.57 Å². The van der Waals surface area contributed by atoms with E-state index < -0.39 is 0 Å². The number of aryl methyl sites for hydroxylation is 1. The number of fused-ring (bicyclic) bond motifs is 3. The summed E-state index contributed by atoms with van der Waals surface area (Å²) in [6.07, 6.45) is 4.06. The Morgan fingerprint density at radius 1 is 1.00 bits per heavy atom. The highest BCUT2D eigenvalue weighted by Gasteiger charge is 2.15. The maximum Gasteiger partial charge on any atom is 0.233 e. The number of aromatic nitrogens is 4. The molecule has 0 saturated carbocycles. The average molecular weight is 356 g/mol. The Morgan fingerprint density at radius 2 is 1.74 bits per heavy atom. The summed E-state index contributed by atoms with van der Waals surface area (Å²) < 4.78 is 4.22. The van der Waals surface area contributed by atoms with Crippen molar-refractivity contribution in [1.29, 1.82) is 0 Å². The minimum atomic E-state index is 0. The minimum absolute atomic E-state index is 0. The van der Waals surface area contributed by atoms with E-state index in [2.05, 4.69) is 27.6 Å². The molecule has 0 bridgehead atoms. The number of benzene rings is 1. The minimum Gasteiger partial charge on any atom is -0.302 e. The molecule has 126 valence electrons. The fourth-order valence-corrected chi connectivity index (χ4v) is 3.30. The molecule has 0 aliphatic carbocycles. The molecule has 0 N–H and O–H groups in total. The molecule has 3 heterocycles. The van der Waals surface area contributed by atoms with Gasteiger partial charge in [-0.15, -0.1) is 24.8 Å². The maximum atomic E-state index is 4.74. The van der Waals surface area contributed by atoms with Gasteiger partial charge < -0.3 is 4.90 Å². The molecule has 0 amide bonds. The van der Waals surface area contributed by atoms with E-state index in [4.69, 9.17) is 4.98 Å². The molecule has 0 radical (unpaired) electrons. The first-order chi connectivity index (χ1) is 10.3. The van der Waals surface area contributed by atoms with Crippen molar-refractivity contribution in [1.82, 2.24) is 24.1 Å². The number of halogens is 2. The van der Waals surface area contributed by atoms with Crippen molar-refractivity contribution in [2.24, 2.45) is 0 Å². The average Bonchev–Trinajstić information content (AvgIpc) is 3.01. The van der Waals surface area contributed by atoms with E-state index in [1.54, 1.807) is 0 Å². The lowest BCUT2D eigenvalue weighted by atomic mass is 10.1. The molecule has 0 unspecified atom stereocenters. The van der Waals surface area contributed by atoms with Crippen LogP contribution in [-0.2, 0) is 6.54 Å². The van der Waals surface area contributed by atoms with Gasteiger partial charge in [0.2, 0.25) is 5.78 Å². The number of para-hydroxylation sites is 2. The molecule has 2 aromatic heterocycles. The Kier molecular flexibility index (Phi) is 5.89. The van der Waals surface area contributed by atoms with Crippen LogP contribution < -0.4 is 0 Å². The molecule has 1 fully saturated rings. The van der Waals surface area contributed by atoms with E-state index in [0.717, 1.165) is 35.7 Å².